The number of hydrogen-bond acceptors (Lipinski definition) is 4. The summed E-state index contributed by atoms with van der Waals surface area (Å²) in [6.07, 6.45) is 3.08. The van der Waals surface area contributed by atoms with Gasteiger partial charge in [0.15, 0.2) is 5.78 Å². The van der Waals surface area contributed by atoms with Gasteiger partial charge in [-0.1, -0.05) is 34.1 Å². The molecule has 2 rings (SSSR count). The summed E-state index contributed by atoms with van der Waals surface area (Å²) < 4.78 is 6.04. The summed E-state index contributed by atoms with van der Waals surface area (Å²) in [5, 5.41) is 2.81. The van der Waals surface area contributed by atoms with E-state index in [9.17, 15) is 9.59 Å². The van der Waals surface area contributed by atoms with E-state index in [0.29, 0.717) is 16.8 Å². The number of carbonyl (C=O) groups is 1. The van der Waals surface area contributed by atoms with Crippen LogP contribution >= 0.6 is 15.9 Å². The van der Waals surface area contributed by atoms with Gasteiger partial charge in [-0.15, -0.1) is 0 Å². The van der Waals surface area contributed by atoms with Gasteiger partial charge < -0.3 is 10.1 Å². The van der Waals surface area contributed by atoms with E-state index in [0.717, 1.165) is 11.3 Å². The molecule has 0 saturated heterocycles. The fourth-order valence-electron chi connectivity index (χ4n) is 2.12. The first-order chi connectivity index (χ1) is 11.5. The third-order valence-electron chi connectivity index (χ3n) is 3.33. The SMILES string of the molecule is CCOc1ccc(/C=C/C(=O)c2cc(Br)ccc(NC)c2=O)cc1. The number of benzene rings is 1. The Morgan fingerprint density at radius 3 is 2.54 bits per heavy atom. The van der Waals surface area contributed by atoms with Gasteiger partial charge in [0.2, 0.25) is 5.43 Å². The lowest BCUT2D eigenvalue weighted by molar-refractivity contribution is 0.104. The van der Waals surface area contributed by atoms with E-state index in [4.69, 9.17) is 4.74 Å². The standard InChI is InChI=1S/C19H18BrNO3/c1-3-24-15-8-4-13(5-9-15)6-11-18(22)16-12-14(20)7-10-17(21-2)19(16)23/h4-12H,3H2,1-2H3,(H,21,23)/b11-6+. The fraction of sp³-hybridized carbons (Fsp3) is 0.158. The smallest absolute Gasteiger partial charge is 0.212 e. The van der Waals surface area contributed by atoms with Gasteiger partial charge in [0, 0.05) is 11.5 Å². The van der Waals surface area contributed by atoms with Crippen molar-refractivity contribution in [2.24, 2.45) is 0 Å². The van der Waals surface area contributed by atoms with Crippen LogP contribution in [-0.2, 0) is 0 Å². The van der Waals surface area contributed by atoms with Crippen LogP contribution in [-0.4, -0.2) is 19.4 Å². The summed E-state index contributed by atoms with van der Waals surface area (Å²) in [5.74, 6) is 0.433. The van der Waals surface area contributed by atoms with Gasteiger partial charge in [-0.25, -0.2) is 0 Å². The quantitative estimate of drug-likeness (QED) is 0.597. The monoisotopic (exact) mass is 387 g/mol. The molecule has 0 saturated carbocycles. The molecule has 0 atom stereocenters. The van der Waals surface area contributed by atoms with Crippen molar-refractivity contribution in [2.75, 3.05) is 19.0 Å². The molecule has 0 heterocycles. The van der Waals surface area contributed by atoms with E-state index < -0.39 is 0 Å². The molecule has 124 valence electrons. The molecule has 4 nitrogen and oxygen atoms in total. The number of nitrogens with one attached hydrogen (secondary N) is 1. The lowest BCUT2D eigenvalue weighted by atomic mass is 10.1. The molecule has 1 N–H and O–H groups in total. The molecular formula is C19H18BrNO3. The number of anilines is 1. The number of allylic oxidation sites excluding steroid dienone is 1. The second-order valence-corrected chi connectivity index (χ2v) is 5.88. The number of ketones is 1. The van der Waals surface area contributed by atoms with Crippen molar-refractivity contribution in [3.8, 4) is 5.75 Å². The molecule has 0 bridgehead atoms. The van der Waals surface area contributed by atoms with Crippen molar-refractivity contribution >= 4 is 33.5 Å². The zero-order chi connectivity index (χ0) is 17.5. The highest BCUT2D eigenvalue weighted by molar-refractivity contribution is 9.10. The summed E-state index contributed by atoms with van der Waals surface area (Å²) in [6.45, 7) is 2.53. The van der Waals surface area contributed by atoms with Crippen LogP contribution in [0.1, 0.15) is 22.8 Å². The highest BCUT2D eigenvalue weighted by Crippen LogP contribution is 2.15. The Morgan fingerprint density at radius 2 is 1.92 bits per heavy atom. The molecule has 2 aromatic rings. The predicted octanol–water partition coefficient (Wildman–Crippen LogP) is 4.15. The third-order valence-corrected chi connectivity index (χ3v) is 3.83. The molecule has 0 aliphatic rings. The number of halogens is 1. The van der Waals surface area contributed by atoms with E-state index in [1.807, 2.05) is 31.2 Å². The van der Waals surface area contributed by atoms with Gasteiger partial charge in [-0.3, -0.25) is 9.59 Å². The molecule has 0 radical (unpaired) electrons. The van der Waals surface area contributed by atoms with Crippen molar-refractivity contribution < 1.29 is 9.53 Å². The average molecular weight is 388 g/mol. The minimum absolute atomic E-state index is 0.110. The van der Waals surface area contributed by atoms with Gasteiger partial charge in [0.1, 0.15) is 5.75 Å². The van der Waals surface area contributed by atoms with Crippen LogP contribution in [0.3, 0.4) is 0 Å². The first-order valence-electron chi connectivity index (χ1n) is 7.52. The topological polar surface area (TPSA) is 55.4 Å². The lowest BCUT2D eigenvalue weighted by Crippen LogP contribution is -2.14. The molecule has 0 unspecified atom stereocenters. The van der Waals surface area contributed by atoms with Crippen LogP contribution in [0.15, 0.2) is 57.8 Å². The van der Waals surface area contributed by atoms with Crippen LogP contribution in [0.25, 0.3) is 6.08 Å². The highest BCUT2D eigenvalue weighted by atomic mass is 79.9. The minimum Gasteiger partial charge on any atom is -0.494 e. The zero-order valence-electron chi connectivity index (χ0n) is 13.5. The van der Waals surface area contributed by atoms with Gasteiger partial charge in [-0.05, 0) is 48.9 Å². The Balaban J connectivity index is 2.28. The van der Waals surface area contributed by atoms with Crippen LogP contribution in [0.4, 0.5) is 5.69 Å². The lowest BCUT2D eigenvalue weighted by Gasteiger charge is -2.02. The Bertz CT molecular complexity index is 814. The van der Waals surface area contributed by atoms with Crippen LogP contribution < -0.4 is 15.5 Å². The van der Waals surface area contributed by atoms with E-state index >= 15 is 0 Å². The second kappa shape index (κ2) is 8.45. The first-order valence-corrected chi connectivity index (χ1v) is 8.31. The number of rotatable bonds is 6. The van der Waals surface area contributed by atoms with E-state index in [1.165, 1.54) is 12.1 Å². The maximum Gasteiger partial charge on any atom is 0.212 e. The van der Waals surface area contributed by atoms with Crippen molar-refractivity contribution in [2.45, 2.75) is 6.92 Å². The number of hydrogen-bond donors (Lipinski definition) is 1. The minimum atomic E-state index is -0.345. The van der Waals surface area contributed by atoms with Crippen LogP contribution in [0.2, 0.25) is 0 Å². The summed E-state index contributed by atoms with van der Waals surface area (Å²) in [6, 6.07) is 12.3. The molecule has 0 spiro atoms. The maximum absolute atomic E-state index is 12.4. The molecule has 0 fully saturated rings. The van der Waals surface area contributed by atoms with Crippen LogP contribution in [0, 0.1) is 0 Å². The van der Waals surface area contributed by atoms with E-state index in [-0.39, 0.29) is 16.8 Å². The molecule has 2 aromatic carbocycles. The zero-order valence-corrected chi connectivity index (χ0v) is 15.1. The molecule has 5 heteroatoms. The van der Waals surface area contributed by atoms with Crippen molar-refractivity contribution in [1.82, 2.24) is 0 Å². The molecule has 0 aromatic heterocycles. The summed E-state index contributed by atoms with van der Waals surface area (Å²) in [5.41, 5.74) is 1.01. The molecule has 0 aliphatic heterocycles. The van der Waals surface area contributed by atoms with Crippen molar-refractivity contribution in [3.05, 3.63) is 74.4 Å². The molecule has 24 heavy (non-hydrogen) atoms. The van der Waals surface area contributed by atoms with Crippen molar-refractivity contribution in [1.29, 1.82) is 0 Å². The Morgan fingerprint density at radius 1 is 1.21 bits per heavy atom. The van der Waals surface area contributed by atoms with Gasteiger partial charge in [0.25, 0.3) is 0 Å². The first kappa shape index (κ1) is 17.9. The van der Waals surface area contributed by atoms with Crippen molar-refractivity contribution in [3.63, 3.8) is 0 Å². The largest absolute Gasteiger partial charge is 0.494 e. The van der Waals surface area contributed by atoms with Gasteiger partial charge in [0.05, 0.1) is 17.9 Å². The predicted molar refractivity (Wildman–Crippen MR) is 101 cm³/mol. The van der Waals surface area contributed by atoms with Crippen LogP contribution in [0.5, 0.6) is 5.75 Å². The Hall–Kier alpha value is -2.40. The average Bonchev–Trinajstić information content (AvgIpc) is 2.73. The Kier molecular flexibility index (Phi) is 6.32. The number of ether oxygens (including phenoxy) is 1. The van der Waals surface area contributed by atoms with Gasteiger partial charge in [-0.2, -0.15) is 0 Å². The Labute approximate surface area is 149 Å². The third kappa shape index (κ3) is 4.55. The van der Waals surface area contributed by atoms with E-state index in [2.05, 4.69) is 21.2 Å². The molecular weight excluding hydrogens is 370 g/mol. The molecule has 0 amide bonds. The maximum atomic E-state index is 12.4. The van der Waals surface area contributed by atoms with Gasteiger partial charge >= 0.3 is 0 Å². The molecule has 0 aliphatic carbocycles. The van der Waals surface area contributed by atoms with E-state index in [1.54, 1.807) is 25.3 Å². The number of carbonyl (C=O) groups excluding carboxylic acids is 1. The second-order valence-electron chi connectivity index (χ2n) is 4.97. The summed E-state index contributed by atoms with van der Waals surface area (Å²) in [4.78, 5) is 24.8. The highest BCUT2D eigenvalue weighted by Gasteiger charge is 2.10. The fourth-order valence-corrected chi connectivity index (χ4v) is 2.48. The summed E-state index contributed by atoms with van der Waals surface area (Å²) >= 11 is 3.32. The summed E-state index contributed by atoms with van der Waals surface area (Å²) in [7, 11) is 1.65. The normalized spacial score (nSPS) is 10.6.